The molecule has 0 saturated carbocycles. The van der Waals surface area contributed by atoms with Crippen LogP contribution in [0.4, 0.5) is 4.39 Å². The molecule has 0 aliphatic carbocycles. The lowest BCUT2D eigenvalue weighted by molar-refractivity contribution is -0.138. The molecule has 1 saturated heterocycles. The number of morpholine rings is 1. The molecule has 5 nitrogen and oxygen atoms in total. The van der Waals surface area contributed by atoms with E-state index >= 15 is 0 Å². The Morgan fingerprint density at radius 1 is 1.12 bits per heavy atom. The maximum absolute atomic E-state index is 13.0. The summed E-state index contributed by atoms with van der Waals surface area (Å²) in [6.07, 6.45) is -0.0663. The van der Waals surface area contributed by atoms with Gasteiger partial charge < -0.3 is 14.7 Å². The molecule has 0 spiro atoms. The summed E-state index contributed by atoms with van der Waals surface area (Å²) in [5.41, 5.74) is 1.79. The molecule has 3 rings (SSSR count). The number of carbonyl (C=O) groups excluding carboxylic acids is 1. The van der Waals surface area contributed by atoms with E-state index in [0.29, 0.717) is 19.7 Å². The SMILES string of the molecule is O=C(O)c1ccc(CC(=O)N2CCOC(c3ccc(F)cc3)C2)cc1. The minimum absolute atomic E-state index is 0.0431. The minimum atomic E-state index is -0.992. The number of nitrogens with zero attached hydrogens (tertiary/aromatic N) is 1. The fourth-order valence-corrected chi connectivity index (χ4v) is 2.81. The highest BCUT2D eigenvalue weighted by molar-refractivity contribution is 5.87. The van der Waals surface area contributed by atoms with Crippen molar-refractivity contribution in [3.63, 3.8) is 0 Å². The molecule has 1 heterocycles. The monoisotopic (exact) mass is 343 g/mol. The summed E-state index contributed by atoms with van der Waals surface area (Å²) < 4.78 is 18.7. The molecule has 2 aromatic carbocycles. The maximum Gasteiger partial charge on any atom is 0.335 e. The van der Waals surface area contributed by atoms with Crippen LogP contribution in [0, 0.1) is 5.82 Å². The van der Waals surface area contributed by atoms with Gasteiger partial charge in [-0.2, -0.15) is 0 Å². The van der Waals surface area contributed by atoms with Gasteiger partial charge in [0.1, 0.15) is 11.9 Å². The van der Waals surface area contributed by atoms with Gasteiger partial charge in [0.15, 0.2) is 0 Å². The predicted octanol–water partition coefficient (Wildman–Crippen LogP) is 2.67. The van der Waals surface area contributed by atoms with Gasteiger partial charge in [0.25, 0.3) is 0 Å². The van der Waals surface area contributed by atoms with Crippen LogP contribution < -0.4 is 0 Å². The van der Waals surface area contributed by atoms with Gasteiger partial charge in [-0.15, -0.1) is 0 Å². The van der Waals surface area contributed by atoms with Gasteiger partial charge in [-0.3, -0.25) is 4.79 Å². The molecule has 1 N–H and O–H groups in total. The zero-order chi connectivity index (χ0) is 17.8. The zero-order valence-electron chi connectivity index (χ0n) is 13.5. The van der Waals surface area contributed by atoms with Crippen molar-refractivity contribution in [2.24, 2.45) is 0 Å². The van der Waals surface area contributed by atoms with E-state index in [-0.39, 0.29) is 29.8 Å². The van der Waals surface area contributed by atoms with Gasteiger partial charge in [-0.05, 0) is 35.4 Å². The molecule has 1 amide bonds. The Kier molecular flexibility index (Phi) is 5.09. The first-order chi connectivity index (χ1) is 12.0. The van der Waals surface area contributed by atoms with Crippen LogP contribution in [0.3, 0.4) is 0 Å². The summed E-state index contributed by atoms with van der Waals surface area (Å²) in [5, 5.41) is 8.90. The molecule has 1 aliphatic rings. The standard InChI is InChI=1S/C19H18FNO4/c20-16-7-5-14(6-8-16)17-12-21(9-10-25-17)18(22)11-13-1-3-15(4-2-13)19(23)24/h1-8,17H,9-12H2,(H,23,24). The molecule has 1 aliphatic heterocycles. The van der Waals surface area contributed by atoms with Gasteiger partial charge in [0.05, 0.1) is 25.1 Å². The van der Waals surface area contributed by atoms with E-state index in [1.54, 1.807) is 29.2 Å². The second kappa shape index (κ2) is 7.44. The number of halogens is 1. The van der Waals surface area contributed by atoms with Gasteiger partial charge in [-0.1, -0.05) is 24.3 Å². The number of hydrogen-bond donors (Lipinski definition) is 1. The van der Waals surface area contributed by atoms with Crippen LogP contribution in [0.1, 0.15) is 27.6 Å². The van der Waals surface area contributed by atoms with Crippen LogP contribution in [-0.4, -0.2) is 41.6 Å². The van der Waals surface area contributed by atoms with Crippen LogP contribution in [0.2, 0.25) is 0 Å². The Bertz CT molecular complexity index is 758. The van der Waals surface area contributed by atoms with Crippen molar-refractivity contribution in [2.75, 3.05) is 19.7 Å². The number of amides is 1. The minimum Gasteiger partial charge on any atom is -0.478 e. The molecule has 130 valence electrons. The number of benzene rings is 2. The lowest BCUT2D eigenvalue weighted by Crippen LogP contribution is -2.43. The van der Waals surface area contributed by atoms with Crippen LogP contribution in [0.15, 0.2) is 48.5 Å². The Morgan fingerprint density at radius 3 is 2.44 bits per heavy atom. The fourth-order valence-electron chi connectivity index (χ4n) is 2.81. The third-order valence-electron chi connectivity index (χ3n) is 4.22. The van der Waals surface area contributed by atoms with Crippen LogP contribution >= 0.6 is 0 Å². The van der Waals surface area contributed by atoms with Crippen LogP contribution in [0.25, 0.3) is 0 Å². The van der Waals surface area contributed by atoms with E-state index in [0.717, 1.165) is 11.1 Å². The molecule has 25 heavy (non-hydrogen) atoms. The number of rotatable bonds is 4. The number of carbonyl (C=O) groups is 2. The van der Waals surface area contributed by atoms with Crippen molar-refractivity contribution in [2.45, 2.75) is 12.5 Å². The molecule has 1 unspecified atom stereocenters. The summed E-state index contributed by atoms with van der Waals surface area (Å²) in [5.74, 6) is -1.34. The van der Waals surface area contributed by atoms with Gasteiger partial charge >= 0.3 is 5.97 Å². The first-order valence-corrected chi connectivity index (χ1v) is 8.00. The van der Waals surface area contributed by atoms with E-state index in [4.69, 9.17) is 9.84 Å². The van der Waals surface area contributed by atoms with E-state index in [2.05, 4.69) is 0 Å². The largest absolute Gasteiger partial charge is 0.478 e. The highest BCUT2D eigenvalue weighted by atomic mass is 19.1. The summed E-state index contributed by atoms with van der Waals surface area (Å²) >= 11 is 0. The molecule has 1 atom stereocenters. The van der Waals surface area contributed by atoms with Crippen molar-refractivity contribution in [3.8, 4) is 0 Å². The molecule has 0 aromatic heterocycles. The smallest absolute Gasteiger partial charge is 0.335 e. The van der Waals surface area contributed by atoms with E-state index < -0.39 is 5.97 Å². The van der Waals surface area contributed by atoms with Crippen molar-refractivity contribution in [1.29, 1.82) is 0 Å². The Balaban J connectivity index is 1.63. The topological polar surface area (TPSA) is 66.8 Å². The summed E-state index contributed by atoms with van der Waals surface area (Å²) in [6, 6.07) is 12.4. The highest BCUT2D eigenvalue weighted by Gasteiger charge is 2.25. The maximum atomic E-state index is 13.0. The molecule has 6 heteroatoms. The van der Waals surface area contributed by atoms with Crippen molar-refractivity contribution >= 4 is 11.9 Å². The van der Waals surface area contributed by atoms with Crippen molar-refractivity contribution < 1.29 is 23.8 Å². The van der Waals surface area contributed by atoms with Gasteiger partial charge in [0.2, 0.25) is 5.91 Å². The molecule has 2 aromatic rings. The number of carboxylic acids is 1. The second-order valence-electron chi connectivity index (χ2n) is 5.93. The average Bonchev–Trinajstić information content (AvgIpc) is 2.63. The van der Waals surface area contributed by atoms with Crippen LogP contribution in [-0.2, 0) is 16.0 Å². The molecular formula is C19H18FNO4. The summed E-state index contributed by atoms with van der Waals surface area (Å²) in [6.45, 7) is 1.34. The normalized spacial score (nSPS) is 17.3. The zero-order valence-corrected chi connectivity index (χ0v) is 13.5. The highest BCUT2D eigenvalue weighted by Crippen LogP contribution is 2.23. The number of ether oxygens (including phenoxy) is 1. The van der Waals surface area contributed by atoms with Gasteiger partial charge in [0, 0.05) is 6.54 Å². The van der Waals surface area contributed by atoms with E-state index in [9.17, 15) is 14.0 Å². The lowest BCUT2D eigenvalue weighted by Gasteiger charge is -2.33. The van der Waals surface area contributed by atoms with Gasteiger partial charge in [-0.25, -0.2) is 9.18 Å². The Morgan fingerprint density at radius 2 is 1.80 bits per heavy atom. The molecular weight excluding hydrogens is 325 g/mol. The van der Waals surface area contributed by atoms with Crippen LogP contribution in [0.5, 0.6) is 0 Å². The third kappa shape index (κ3) is 4.22. The quantitative estimate of drug-likeness (QED) is 0.927. The third-order valence-corrected chi connectivity index (χ3v) is 4.22. The molecule has 0 bridgehead atoms. The fraction of sp³-hybridized carbons (Fsp3) is 0.263. The Hall–Kier alpha value is -2.73. The molecule has 1 fully saturated rings. The Labute approximate surface area is 144 Å². The van der Waals surface area contributed by atoms with Crippen molar-refractivity contribution in [1.82, 2.24) is 4.90 Å². The number of hydrogen-bond acceptors (Lipinski definition) is 3. The first-order valence-electron chi connectivity index (χ1n) is 8.00. The van der Waals surface area contributed by atoms with Crippen molar-refractivity contribution in [3.05, 3.63) is 71.0 Å². The predicted molar refractivity (Wildman–Crippen MR) is 88.8 cm³/mol. The second-order valence-corrected chi connectivity index (χ2v) is 5.93. The summed E-state index contributed by atoms with van der Waals surface area (Å²) in [4.78, 5) is 25.1. The lowest BCUT2D eigenvalue weighted by atomic mass is 10.1. The van der Waals surface area contributed by atoms with E-state index in [1.165, 1.54) is 24.3 Å². The number of aromatic carboxylic acids is 1. The molecule has 0 radical (unpaired) electrons. The summed E-state index contributed by atoms with van der Waals surface area (Å²) in [7, 11) is 0. The first kappa shape index (κ1) is 17.1. The number of carboxylic acid groups (broad SMARTS) is 1. The average molecular weight is 343 g/mol. The van der Waals surface area contributed by atoms with E-state index in [1.807, 2.05) is 0 Å².